The predicted octanol–water partition coefficient (Wildman–Crippen LogP) is 5.71. The number of benzene rings is 2. The number of anilines is 2. The average molecular weight is 479 g/mol. The van der Waals surface area contributed by atoms with Gasteiger partial charge in [0, 0.05) is 23.7 Å². The Kier molecular flexibility index (Phi) is 7.26. The molecule has 2 amide bonds. The van der Waals surface area contributed by atoms with Gasteiger partial charge in [0.2, 0.25) is 0 Å². The van der Waals surface area contributed by atoms with Gasteiger partial charge in [-0.1, -0.05) is 42.1 Å². The lowest BCUT2D eigenvalue weighted by Gasteiger charge is -2.40. The Morgan fingerprint density at radius 1 is 1.09 bits per heavy atom. The molecule has 8 heteroatoms. The number of allylic oxidation sites excluding steroid dienone is 1. The minimum Gasteiger partial charge on any atom is -0.459 e. The number of para-hydroxylation sites is 1. The van der Waals surface area contributed by atoms with Crippen LogP contribution >= 0.6 is 11.8 Å². The van der Waals surface area contributed by atoms with Crippen LogP contribution in [-0.4, -0.2) is 40.5 Å². The molecule has 178 valence electrons. The molecule has 1 fully saturated rings. The molecule has 0 saturated carbocycles. The summed E-state index contributed by atoms with van der Waals surface area (Å²) < 4.78 is 5.57. The topological polar surface area (TPSA) is 83.0 Å². The molecule has 0 bridgehead atoms. The van der Waals surface area contributed by atoms with Crippen molar-refractivity contribution >= 4 is 40.3 Å². The summed E-state index contributed by atoms with van der Waals surface area (Å²) in [5, 5.41) is 6.69. The molecule has 2 aromatic rings. The number of amides is 2. The van der Waals surface area contributed by atoms with E-state index in [2.05, 4.69) is 15.5 Å². The Morgan fingerprint density at radius 3 is 2.53 bits per heavy atom. The number of esters is 1. The van der Waals surface area contributed by atoms with E-state index in [1.165, 1.54) is 0 Å². The van der Waals surface area contributed by atoms with E-state index in [1.54, 1.807) is 11.8 Å². The lowest BCUT2D eigenvalue weighted by Crippen LogP contribution is -2.42. The van der Waals surface area contributed by atoms with E-state index in [-0.39, 0.29) is 24.1 Å². The average Bonchev–Trinajstić information content (AvgIpc) is 2.79. The minimum atomic E-state index is -0.337. The molecule has 0 aromatic heterocycles. The van der Waals surface area contributed by atoms with Crippen molar-refractivity contribution in [2.45, 2.75) is 46.3 Å². The number of hydrogen-bond acceptors (Lipinski definition) is 6. The Morgan fingerprint density at radius 2 is 1.82 bits per heavy atom. The number of carbonyl (C=O) groups is 2. The lowest BCUT2D eigenvalue weighted by atomic mass is 9.94. The maximum atomic E-state index is 13.0. The highest BCUT2D eigenvalue weighted by Crippen LogP contribution is 2.40. The Hall–Kier alpha value is -3.26. The Bertz CT molecular complexity index is 1140. The van der Waals surface area contributed by atoms with Gasteiger partial charge in [-0.25, -0.2) is 14.6 Å². The van der Waals surface area contributed by atoms with Crippen molar-refractivity contribution in [1.82, 2.24) is 4.90 Å². The van der Waals surface area contributed by atoms with Crippen molar-refractivity contribution in [2.24, 2.45) is 4.99 Å². The summed E-state index contributed by atoms with van der Waals surface area (Å²) in [5.41, 5.74) is 4.63. The van der Waals surface area contributed by atoms with Crippen LogP contribution < -0.4 is 10.6 Å². The van der Waals surface area contributed by atoms with E-state index in [9.17, 15) is 9.59 Å². The zero-order valence-electron chi connectivity index (χ0n) is 19.9. The third kappa shape index (κ3) is 5.28. The second kappa shape index (κ2) is 10.3. The fourth-order valence-corrected chi connectivity index (χ4v) is 5.12. The molecule has 0 spiro atoms. The van der Waals surface area contributed by atoms with Crippen molar-refractivity contribution in [3.8, 4) is 0 Å². The molecule has 34 heavy (non-hydrogen) atoms. The number of fused-ring (bicyclic) bond motifs is 1. The molecule has 2 aliphatic rings. The van der Waals surface area contributed by atoms with Crippen LogP contribution in [0.3, 0.4) is 0 Å². The molecule has 2 heterocycles. The summed E-state index contributed by atoms with van der Waals surface area (Å²) in [6.45, 7) is 8.33. The number of rotatable bonds is 5. The van der Waals surface area contributed by atoms with Crippen LogP contribution in [0.15, 0.2) is 64.8 Å². The van der Waals surface area contributed by atoms with Gasteiger partial charge in [-0.2, -0.15) is 0 Å². The number of aliphatic imine (C=N–C) groups is 1. The van der Waals surface area contributed by atoms with Crippen molar-refractivity contribution in [1.29, 1.82) is 0 Å². The van der Waals surface area contributed by atoms with Crippen molar-refractivity contribution < 1.29 is 14.3 Å². The van der Waals surface area contributed by atoms with Gasteiger partial charge >= 0.3 is 12.0 Å². The first-order chi connectivity index (χ1) is 16.3. The van der Waals surface area contributed by atoms with Crippen molar-refractivity contribution in [3.05, 3.63) is 70.9 Å². The molecule has 0 radical (unpaired) electrons. The molecule has 7 nitrogen and oxygen atoms in total. The summed E-state index contributed by atoms with van der Waals surface area (Å²) in [6, 6.07) is 14.7. The van der Waals surface area contributed by atoms with E-state index in [0.717, 1.165) is 40.7 Å². The second-order valence-electron chi connectivity index (χ2n) is 8.66. The van der Waals surface area contributed by atoms with Crippen LogP contribution in [-0.2, 0) is 9.53 Å². The number of carbonyl (C=O) groups excluding carboxylic acids is 2. The predicted molar refractivity (Wildman–Crippen MR) is 138 cm³/mol. The summed E-state index contributed by atoms with van der Waals surface area (Å²) in [4.78, 5) is 32.4. The van der Waals surface area contributed by atoms with Gasteiger partial charge in [0.05, 0.1) is 23.4 Å². The summed E-state index contributed by atoms with van der Waals surface area (Å²) in [7, 11) is 0. The van der Waals surface area contributed by atoms with Crippen LogP contribution in [0.5, 0.6) is 0 Å². The number of hydrogen-bond donors (Lipinski definition) is 2. The molecule has 2 aliphatic heterocycles. The van der Waals surface area contributed by atoms with Crippen LogP contribution in [0.1, 0.15) is 44.4 Å². The lowest BCUT2D eigenvalue weighted by molar-refractivity contribution is -0.143. The molecule has 2 N–H and O–H groups in total. The summed E-state index contributed by atoms with van der Waals surface area (Å²) >= 11 is 1.71. The first-order valence-electron chi connectivity index (χ1n) is 11.5. The quantitative estimate of drug-likeness (QED) is 0.538. The zero-order valence-corrected chi connectivity index (χ0v) is 20.7. The third-order valence-electron chi connectivity index (χ3n) is 5.70. The number of ether oxygens (including phenoxy) is 1. The first-order valence-corrected chi connectivity index (χ1v) is 12.5. The van der Waals surface area contributed by atoms with Gasteiger partial charge in [-0.05, 0) is 63.4 Å². The monoisotopic (exact) mass is 478 g/mol. The molecular weight excluding hydrogens is 448 g/mol. The smallest absolute Gasteiger partial charge is 0.338 e. The van der Waals surface area contributed by atoms with E-state index < -0.39 is 0 Å². The number of nitrogens with one attached hydrogen (secondary N) is 2. The minimum absolute atomic E-state index is 0.215. The Labute approximate surface area is 204 Å². The van der Waals surface area contributed by atoms with E-state index in [1.807, 2.05) is 76.2 Å². The van der Waals surface area contributed by atoms with Gasteiger partial charge < -0.3 is 20.3 Å². The molecule has 4 rings (SSSR count). The third-order valence-corrected chi connectivity index (χ3v) is 6.78. The summed E-state index contributed by atoms with van der Waals surface area (Å²) in [5.74, 6) is 0.677. The number of amidine groups is 1. The number of thioether (sulfide) groups is 1. The molecule has 1 unspecified atom stereocenters. The van der Waals surface area contributed by atoms with E-state index in [4.69, 9.17) is 9.73 Å². The molecule has 0 aliphatic carbocycles. The fraction of sp³-hybridized carbons (Fsp3) is 0.346. The second-order valence-corrected chi connectivity index (χ2v) is 9.72. The van der Waals surface area contributed by atoms with Crippen LogP contribution in [0, 0.1) is 6.92 Å². The van der Waals surface area contributed by atoms with Gasteiger partial charge in [-0.3, -0.25) is 0 Å². The first kappa shape index (κ1) is 23.9. The fourth-order valence-electron chi connectivity index (χ4n) is 4.10. The van der Waals surface area contributed by atoms with Crippen LogP contribution in [0.4, 0.5) is 16.2 Å². The summed E-state index contributed by atoms with van der Waals surface area (Å²) in [6.07, 6.45) is 0.803. The SMILES string of the molecule is CC1=C(C(=O)OC(C)C)C(c2ccc(NC(=O)Nc3ccccc3C)cc2)N2CCCSC2=N1. The van der Waals surface area contributed by atoms with Gasteiger partial charge in [0.15, 0.2) is 5.17 Å². The number of urea groups is 1. The maximum absolute atomic E-state index is 13.0. The molecule has 1 atom stereocenters. The van der Waals surface area contributed by atoms with Gasteiger partial charge in [-0.15, -0.1) is 0 Å². The number of nitrogens with zero attached hydrogens (tertiary/aromatic N) is 2. The van der Waals surface area contributed by atoms with Gasteiger partial charge in [0.25, 0.3) is 0 Å². The highest BCUT2D eigenvalue weighted by Gasteiger charge is 2.38. The highest BCUT2D eigenvalue weighted by atomic mass is 32.2. The number of aryl methyl sites for hydroxylation is 1. The molecule has 2 aromatic carbocycles. The van der Waals surface area contributed by atoms with Crippen LogP contribution in [0.2, 0.25) is 0 Å². The van der Waals surface area contributed by atoms with E-state index >= 15 is 0 Å². The molecule has 1 saturated heterocycles. The normalized spacial score (nSPS) is 17.7. The van der Waals surface area contributed by atoms with E-state index in [0.29, 0.717) is 17.0 Å². The standard InChI is InChI=1S/C26H30N4O3S/c1-16(2)33-24(31)22-18(4)27-26-30(14-7-15-34-26)23(22)19-10-12-20(13-11-19)28-25(32)29-21-9-6-5-8-17(21)3/h5-6,8-13,16,23H,7,14-15H2,1-4H3,(H2,28,29,32). The van der Waals surface area contributed by atoms with Crippen LogP contribution in [0.25, 0.3) is 0 Å². The Balaban J connectivity index is 1.56. The highest BCUT2D eigenvalue weighted by molar-refractivity contribution is 8.13. The molecular formula is C26H30N4O3S. The van der Waals surface area contributed by atoms with Crippen molar-refractivity contribution in [2.75, 3.05) is 22.9 Å². The van der Waals surface area contributed by atoms with Gasteiger partial charge in [0.1, 0.15) is 0 Å². The largest absolute Gasteiger partial charge is 0.459 e. The van der Waals surface area contributed by atoms with Crippen molar-refractivity contribution in [3.63, 3.8) is 0 Å². The zero-order chi connectivity index (χ0) is 24.2. The maximum Gasteiger partial charge on any atom is 0.338 e.